The van der Waals surface area contributed by atoms with Crippen LogP contribution in [0.4, 0.5) is 0 Å². The van der Waals surface area contributed by atoms with Gasteiger partial charge in [-0.25, -0.2) is 9.79 Å². The highest BCUT2D eigenvalue weighted by atomic mass is 32.2. The molecule has 2 heterocycles. The number of carbonyl (C=O) groups excluding carboxylic acids is 2. The molecule has 0 saturated heterocycles. The highest BCUT2D eigenvalue weighted by molar-refractivity contribution is 8.16. The zero-order valence-electron chi connectivity index (χ0n) is 18.7. The van der Waals surface area contributed by atoms with E-state index in [4.69, 9.17) is 9.73 Å². The molecule has 31 heavy (non-hydrogen) atoms. The third kappa shape index (κ3) is 4.87. The lowest BCUT2D eigenvalue weighted by Crippen LogP contribution is -2.39. The van der Waals surface area contributed by atoms with E-state index in [0.29, 0.717) is 17.3 Å². The van der Waals surface area contributed by atoms with Crippen LogP contribution in [0, 0.1) is 6.92 Å². The zero-order valence-corrected chi connectivity index (χ0v) is 19.5. The van der Waals surface area contributed by atoms with Crippen LogP contribution in [0.2, 0.25) is 0 Å². The molecular weight excluding hydrogens is 410 g/mol. The Kier molecular flexibility index (Phi) is 5.73. The van der Waals surface area contributed by atoms with Crippen LogP contribution in [-0.4, -0.2) is 33.6 Å². The maximum atomic E-state index is 13.3. The predicted octanol–water partition coefficient (Wildman–Crippen LogP) is 4.58. The molecule has 0 bridgehead atoms. The van der Waals surface area contributed by atoms with E-state index in [2.05, 4.69) is 5.32 Å². The second-order valence-electron chi connectivity index (χ2n) is 9.32. The van der Waals surface area contributed by atoms with Crippen molar-refractivity contribution in [3.05, 3.63) is 57.8 Å². The molecule has 1 fully saturated rings. The molecule has 1 aromatic carbocycles. The number of aryl methyl sites for hydroxylation is 1. The van der Waals surface area contributed by atoms with Crippen LogP contribution in [0.25, 0.3) is 0 Å². The summed E-state index contributed by atoms with van der Waals surface area (Å²) in [6.07, 6.45) is 2.35. The van der Waals surface area contributed by atoms with E-state index in [1.807, 2.05) is 69.2 Å². The Morgan fingerprint density at radius 3 is 2.48 bits per heavy atom. The minimum atomic E-state index is -0.616. The first kappa shape index (κ1) is 21.7. The molecule has 0 radical (unpaired) electrons. The van der Waals surface area contributed by atoms with Crippen molar-refractivity contribution >= 4 is 28.8 Å². The van der Waals surface area contributed by atoms with Crippen molar-refractivity contribution in [3.8, 4) is 0 Å². The number of hydrogen-bond donors (Lipinski definition) is 1. The Labute approximate surface area is 187 Å². The van der Waals surface area contributed by atoms with Crippen molar-refractivity contribution in [1.29, 1.82) is 0 Å². The zero-order chi connectivity index (χ0) is 22.3. The number of aliphatic imine (C=N–C) groups is 1. The van der Waals surface area contributed by atoms with E-state index in [1.54, 1.807) is 0 Å². The normalized spacial score (nSPS) is 20.8. The molecule has 1 aliphatic carbocycles. The van der Waals surface area contributed by atoms with Gasteiger partial charge in [0.15, 0.2) is 5.17 Å². The fourth-order valence-electron chi connectivity index (χ4n) is 3.70. The molecule has 6 nitrogen and oxygen atoms in total. The first-order chi connectivity index (χ1) is 14.6. The Morgan fingerprint density at radius 1 is 1.19 bits per heavy atom. The quantitative estimate of drug-likeness (QED) is 0.680. The summed E-state index contributed by atoms with van der Waals surface area (Å²) in [5, 5.41) is 5.81. The molecule has 7 heteroatoms. The van der Waals surface area contributed by atoms with E-state index in [0.717, 1.165) is 34.8 Å². The van der Waals surface area contributed by atoms with Crippen molar-refractivity contribution in [1.82, 2.24) is 10.2 Å². The van der Waals surface area contributed by atoms with Gasteiger partial charge in [-0.15, -0.1) is 0 Å². The Bertz CT molecular complexity index is 998. The lowest BCUT2D eigenvalue weighted by molar-refractivity contribution is -0.150. The van der Waals surface area contributed by atoms with Gasteiger partial charge in [-0.3, -0.25) is 4.79 Å². The molecule has 1 unspecified atom stereocenters. The summed E-state index contributed by atoms with van der Waals surface area (Å²) < 4.78 is 5.75. The van der Waals surface area contributed by atoms with Crippen LogP contribution in [0.15, 0.2) is 51.6 Å². The van der Waals surface area contributed by atoms with Gasteiger partial charge < -0.3 is 15.0 Å². The molecule has 164 valence electrons. The first-order valence-corrected chi connectivity index (χ1v) is 11.5. The Hall–Kier alpha value is -2.54. The molecule has 0 aromatic heterocycles. The van der Waals surface area contributed by atoms with Crippen molar-refractivity contribution in [2.24, 2.45) is 4.99 Å². The third-order valence-corrected chi connectivity index (χ3v) is 6.19. The van der Waals surface area contributed by atoms with E-state index < -0.39 is 11.6 Å². The Balaban J connectivity index is 1.71. The number of ether oxygens (including phenoxy) is 1. The second-order valence-corrected chi connectivity index (χ2v) is 10.2. The SMILES string of the molecule is CC1=C(C(=O)OC(C)(C)C)C(c2ccc(C)cc2)N2C(CC(=O)NC3CC3)=CSC2=N1. The molecule has 1 saturated carbocycles. The molecule has 0 spiro atoms. The number of amidine groups is 1. The first-order valence-electron chi connectivity index (χ1n) is 10.7. The average molecular weight is 440 g/mol. The van der Waals surface area contributed by atoms with Crippen molar-refractivity contribution < 1.29 is 14.3 Å². The standard InChI is InChI=1S/C24H29N3O3S/c1-14-6-8-16(9-7-14)21-20(22(29)30-24(3,4)5)15(2)25-23-27(21)18(13-31-23)12-19(28)26-17-10-11-17/h6-9,13,17,21H,10-12H2,1-5H3,(H,26,28). The van der Waals surface area contributed by atoms with Gasteiger partial charge in [0.1, 0.15) is 5.60 Å². The molecular formula is C24H29N3O3S. The fraction of sp³-hybridized carbons (Fsp3) is 0.458. The van der Waals surface area contributed by atoms with Crippen molar-refractivity contribution in [2.45, 2.75) is 71.6 Å². The number of rotatable bonds is 5. The van der Waals surface area contributed by atoms with Crippen LogP contribution in [0.3, 0.4) is 0 Å². The minimum Gasteiger partial charge on any atom is -0.456 e. The highest BCUT2D eigenvalue weighted by Crippen LogP contribution is 2.45. The van der Waals surface area contributed by atoms with E-state index >= 15 is 0 Å². The van der Waals surface area contributed by atoms with Gasteiger partial charge in [-0.2, -0.15) is 0 Å². The highest BCUT2D eigenvalue weighted by Gasteiger charge is 2.42. The Morgan fingerprint density at radius 2 is 1.87 bits per heavy atom. The van der Waals surface area contributed by atoms with Gasteiger partial charge in [0.05, 0.1) is 23.7 Å². The molecule has 4 rings (SSSR count). The largest absolute Gasteiger partial charge is 0.456 e. The monoisotopic (exact) mass is 439 g/mol. The molecule has 3 aliphatic rings. The number of thioether (sulfide) groups is 1. The summed E-state index contributed by atoms with van der Waals surface area (Å²) >= 11 is 1.49. The molecule has 1 atom stereocenters. The van der Waals surface area contributed by atoms with Crippen LogP contribution in [0.5, 0.6) is 0 Å². The molecule has 2 aliphatic heterocycles. The van der Waals surface area contributed by atoms with E-state index in [1.165, 1.54) is 11.8 Å². The maximum Gasteiger partial charge on any atom is 0.338 e. The molecule has 1 N–H and O–H groups in total. The van der Waals surface area contributed by atoms with Crippen LogP contribution < -0.4 is 5.32 Å². The lowest BCUT2D eigenvalue weighted by Gasteiger charge is -2.37. The number of amides is 1. The fourth-order valence-corrected chi connectivity index (χ4v) is 4.66. The second kappa shape index (κ2) is 8.19. The smallest absolute Gasteiger partial charge is 0.338 e. The number of fused-ring (bicyclic) bond motifs is 1. The van der Waals surface area contributed by atoms with Crippen LogP contribution >= 0.6 is 11.8 Å². The van der Waals surface area contributed by atoms with Crippen LogP contribution in [0.1, 0.15) is 64.1 Å². The number of benzene rings is 1. The number of carbonyl (C=O) groups is 2. The lowest BCUT2D eigenvalue weighted by atomic mass is 9.93. The predicted molar refractivity (Wildman–Crippen MR) is 123 cm³/mol. The maximum absolute atomic E-state index is 13.3. The summed E-state index contributed by atoms with van der Waals surface area (Å²) in [5.41, 5.74) is 3.50. The summed E-state index contributed by atoms with van der Waals surface area (Å²) in [5.74, 6) is -0.375. The number of nitrogens with one attached hydrogen (secondary N) is 1. The van der Waals surface area contributed by atoms with Gasteiger partial charge in [0, 0.05) is 11.7 Å². The van der Waals surface area contributed by atoms with E-state index in [-0.39, 0.29) is 18.3 Å². The number of esters is 1. The molecule has 1 aromatic rings. The summed E-state index contributed by atoms with van der Waals surface area (Å²) in [4.78, 5) is 32.5. The van der Waals surface area contributed by atoms with Gasteiger partial charge in [-0.1, -0.05) is 41.6 Å². The van der Waals surface area contributed by atoms with Gasteiger partial charge in [0.25, 0.3) is 0 Å². The summed E-state index contributed by atoms with van der Waals surface area (Å²) in [7, 11) is 0. The number of hydrogen-bond acceptors (Lipinski definition) is 6. The van der Waals surface area contributed by atoms with Gasteiger partial charge >= 0.3 is 5.97 Å². The minimum absolute atomic E-state index is 0.00310. The topological polar surface area (TPSA) is 71.0 Å². The average Bonchev–Trinajstić information content (AvgIpc) is 3.39. The van der Waals surface area contributed by atoms with Crippen molar-refractivity contribution in [3.63, 3.8) is 0 Å². The summed E-state index contributed by atoms with van der Waals surface area (Å²) in [6, 6.07) is 8.06. The third-order valence-electron chi connectivity index (χ3n) is 5.30. The number of nitrogens with zero attached hydrogens (tertiary/aromatic N) is 2. The van der Waals surface area contributed by atoms with E-state index in [9.17, 15) is 9.59 Å². The summed E-state index contributed by atoms with van der Waals surface area (Å²) in [6.45, 7) is 9.46. The van der Waals surface area contributed by atoms with Crippen molar-refractivity contribution in [2.75, 3.05) is 0 Å². The van der Waals surface area contributed by atoms with Crippen LogP contribution in [-0.2, 0) is 14.3 Å². The molecule has 1 amide bonds. The van der Waals surface area contributed by atoms with Gasteiger partial charge in [-0.05, 0) is 58.4 Å². The number of allylic oxidation sites excluding steroid dienone is 1. The van der Waals surface area contributed by atoms with Gasteiger partial charge in [0.2, 0.25) is 5.91 Å².